The van der Waals surface area contributed by atoms with Crippen LogP contribution in [-0.4, -0.2) is 33.8 Å². The number of aromatic nitrogens is 2. The van der Waals surface area contributed by atoms with E-state index in [9.17, 15) is 17.0 Å². The summed E-state index contributed by atoms with van der Waals surface area (Å²) >= 11 is 0. The van der Waals surface area contributed by atoms with E-state index in [0.717, 1.165) is 22.9 Å². The monoisotopic (exact) mass is 529 g/mol. The molecule has 1 N–H and O–H groups in total. The first kappa shape index (κ1) is 26.1. The van der Waals surface area contributed by atoms with Crippen molar-refractivity contribution in [1.29, 1.82) is 0 Å². The van der Waals surface area contributed by atoms with Crippen molar-refractivity contribution >= 4 is 31.8 Å². The van der Waals surface area contributed by atoms with E-state index >= 15 is 0 Å². The number of nitrogens with one attached hydrogen (secondary N) is 1. The summed E-state index contributed by atoms with van der Waals surface area (Å²) in [4.78, 5) is 4.43. The Morgan fingerprint density at radius 3 is 2.53 bits per heavy atom. The molecule has 0 amide bonds. The third kappa shape index (κ3) is 5.55. The maximum atomic E-state index is 13.7. The van der Waals surface area contributed by atoms with E-state index in [4.69, 9.17) is 4.52 Å². The minimum absolute atomic E-state index is 0.0170. The molecule has 0 aliphatic heterocycles. The number of hydrogen-bond acceptors (Lipinski definition) is 6. The van der Waals surface area contributed by atoms with Crippen molar-refractivity contribution in [2.45, 2.75) is 49.9 Å². The molecular formula is C26H28FN3O4S2. The molecule has 10 heteroatoms. The van der Waals surface area contributed by atoms with Gasteiger partial charge in [-0.05, 0) is 57.0 Å². The molecule has 4 aromatic rings. The second-order valence-corrected chi connectivity index (χ2v) is 13.7. The fourth-order valence-electron chi connectivity index (χ4n) is 3.80. The molecule has 0 spiro atoms. The van der Waals surface area contributed by atoms with E-state index in [1.54, 1.807) is 12.1 Å². The number of aryl methyl sites for hydroxylation is 1. The van der Waals surface area contributed by atoms with Crippen molar-refractivity contribution in [3.63, 3.8) is 0 Å². The van der Waals surface area contributed by atoms with Crippen LogP contribution in [0.5, 0.6) is 0 Å². The topological polar surface area (TPSA) is 102 Å². The number of fused-ring (bicyclic) bond motifs is 1. The van der Waals surface area contributed by atoms with E-state index in [2.05, 4.69) is 14.9 Å². The molecule has 2 aromatic heterocycles. The summed E-state index contributed by atoms with van der Waals surface area (Å²) in [6.07, 6.45) is 1.39. The average molecular weight is 530 g/mol. The molecule has 0 bridgehead atoms. The highest BCUT2D eigenvalue weighted by molar-refractivity contribution is 7.90. The molecule has 0 saturated heterocycles. The second kappa shape index (κ2) is 9.84. The molecule has 0 aliphatic rings. The zero-order valence-corrected chi connectivity index (χ0v) is 22.3. The van der Waals surface area contributed by atoms with Crippen molar-refractivity contribution in [3.8, 4) is 11.3 Å². The van der Waals surface area contributed by atoms with E-state index in [0.29, 0.717) is 22.4 Å². The third-order valence-electron chi connectivity index (χ3n) is 5.78. The van der Waals surface area contributed by atoms with Crippen molar-refractivity contribution in [1.82, 2.24) is 14.9 Å². The van der Waals surface area contributed by atoms with Gasteiger partial charge in [0.15, 0.2) is 20.4 Å². The lowest BCUT2D eigenvalue weighted by molar-refractivity contribution is 0.457. The molecule has 2 atom stereocenters. The molecule has 2 unspecified atom stereocenters. The van der Waals surface area contributed by atoms with Gasteiger partial charge in [0.2, 0.25) is 0 Å². The Morgan fingerprint density at radius 1 is 1.11 bits per heavy atom. The van der Waals surface area contributed by atoms with Gasteiger partial charge in [-0.15, -0.1) is 0 Å². The van der Waals surface area contributed by atoms with E-state index in [-0.39, 0.29) is 11.4 Å². The quantitative estimate of drug-likeness (QED) is 0.358. The number of halogens is 1. The Morgan fingerprint density at radius 2 is 1.83 bits per heavy atom. The van der Waals surface area contributed by atoms with Crippen LogP contribution in [0.3, 0.4) is 0 Å². The van der Waals surface area contributed by atoms with Crippen LogP contribution in [0.25, 0.3) is 22.2 Å². The Labute approximate surface area is 212 Å². The van der Waals surface area contributed by atoms with Crippen molar-refractivity contribution in [2.75, 3.05) is 6.26 Å². The van der Waals surface area contributed by atoms with Gasteiger partial charge in [-0.1, -0.05) is 35.5 Å². The number of hydrogen-bond donors (Lipinski definition) is 1. The molecule has 2 aromatic carbocycles. The standard InChI is InChI=1S/C26H28FN3O4S2/c1-16-10-13-24(36(5,32)33)28-21(16)15-22(30-35(31)26(2,3)4)18-8-6-7-9-19(18)25-20-12-11-17(27)14-23(20)34-29-25/h6-14,22,30H,15H2,1-5H3. The highest BCUT2D eigenvalue weighted by Gasteiger charge is 2.27. The summed E-state index contributed by atoms with van der Waals surface area (Å²) in [7, 11) is -4.95. The lowest BCUT2D eigenvalue weighted by Crippen LogP contribution is -2.37. The minimum atomic E-state index is -3.50. The number of nitrogens with zero attached hydrogens (tertiary/aromatic N) is 2. The summed E-state index contributed by atoms with van der Waals surface area (Å²) in [5, 5.41) is 4.84. The number of pyridine rings is 1. The zero-order chi connectivity index (χ0) is 26.3. The minimum Gasteiger partial charge on any atom is -0.356 e. The lowest BCUT2D eigenvalue weighted by atomic mass is 9.93. The summed E-state index contributed by atoms with van der Waals surface area (Å²) in [6, 6.07) is 14.4. The van der Waals surface area contributed by atoms with Gasteiger partial charge in [0.05, 0.1) is 21.8 Å². The molecule has 0 aliphatic carbocycles. The van der Waals surface area contributed by atoms with Gasteiger partial charge >= 0.3 is 0 Å². The van der Waals surface area contributed by atoms with Crippen LogP contribution in [0.1, 0.15) is 43.6 Å². The largest absolute Gasteiger partial charge is 0.356 e. The Balaban J connectivity index is 1.85. The van der Waals surface area contributed by atoms with Crippen LogP contribution < -0.4 is 4.72 Å². The van der Waals surface area contributed by atoms with Gasteiger partial charge < -0.3 is 4.52 Å². The molecule has 4 rings (SSSR count). The van der Waals surface area contributed by atoms with Crippen LogP contribution in [0.2, 0.25) is 0 Å². The van der Waals surface area contributed by atoms with Gasteiger partial charge in [0, 0.05) is 35.4 Å². The van der Waals surface area contributed by atoms with E-state index < -0.39 is 37.4 Å². The van der Waals surface area contributed by atoms with Gasteiger partial charge in [-0.2, -0.15) is 0 Å². The first-order valence-electron chi connectivity index (χ1n) is 11.3. The van der Waals surface area contributed by atoms with Crippen molar-refractivity contribution in [2.24, 2.45) is 0 Å². The molecule has 0 radical (unpaired) electrons. The first-order chi connectivity index (χ1) is 16.8. The summed E-state index contributed by atoms with van der Waals surface area (Å²) in [5.41, 5.74) is 3.74. The Kier molecular flexibility index (Phi) is 7.14. The SMILES string of the molecule is Cc1ccc(S(C)(=O)=O)nc1CC(NS(=O)C(C)(C)C)c1ccccc1-c1noc2cc(F)ccc12. The molecule has 0 fully saturated rings. The maximum Gasteiger partial charge on any atom is 0.192 e. The van der Waals surface area contributed by atoms with Crippen molar-refractivity contribution in [3.05, 3.63) is 77.2 Å². The van der Waals surface area contributed by atoms with Crippen LogP contribution in [0.4, 0.5) is 4.39 Å². The summed E-state index contributed by atoms with van der Waals surface area (Å²) < 4.78 is 59.3. The van der Waals surface area contributed by atoms with E-state index in [1.165, 1.54) is 18.2 Å². The van der Waals surface area contributed by atoms with Crippen LogP contribution in [0.15, 0.2) is 64.1 Å². The van der Waals surface area contributed by atoms with Gasteiger partial charge in [-0.3, -0.25) is 0 Å². The van der Waals surface area contributed by atoms with Crippen LogP contribution in [-0.2, 0) is 27.2 Å². The van der Waals surface area contributed by atoms with Gasteiger partial charge in [0.1, 0.15) is 11.5 Å². The third-order valence-corrected chi connectivity index (χ3v) is 8.38. The average Bonchev–Trinajstić information content (AvgIpc) is 3.21. The first-order valence-corrected chi connectivity index (χ1v) is 14.4. The summed E-state index contributed by atoms with van der Waals surface area (Å²) in [5.74, 6) is -0.425. The van der Waals surface area contributed by atoms with Crippen LogP contribution >= 0.6 is 0 Å². The zero-order valence-electron chi connectivity index (χ0n) is 20.7. The van der Waals surface area contributed by atoms with Crippen LogP contribution in [0, 0.1) is 12.7 Å². The highest BCUT2D eigenvalue weighted by atomic mass is 32.2. The van der Waals surface area contributed by atoms with Gasteiger partial charge in [-0.25, -0.2) is 26.7 Å². The Bertz CT molecular complexity index is 1560. The molecule has 2 heterocycles. The lowest BCUT2D eigenvalue weighted by Gasteiger charge is -2.26. The fourth-order valence-corrected chi connectivity index (χ4v) is 5.21. The fraction of sp³-hybridized carbons (Fsp3) is 0.308. The number of sulfone groups is 1. The van der Waals surface area contributed by atoms with Crippen molar-refractivity contribution < 1.29 is 21.5 Å². The molecule has 0 saturated carbocycles. The van der Waals surface area contributed by atoms with Gasteiger partial charge in [0.25, 0.3) is 0 Å². The predicted octanol–water partition coefficient (Wildman–Crippen LogP) is 5.08. The predicted molar refractivity (Wildman–Crippen MR) is 139 cm³/mol. The number of benzene rings is 2. The normalized spacial score (nSPS) is 14.2. The Hall–Kier alpha value is -2.95. The number of rotatable bonds is 7. The maximum absolute atomic E-state index is 13.7. The van der Waals surface area contributed by atoms with E-state index in [1.807, 2.05) is 52.0 Å². The second-order valence-electron chi connectivity index (χ2n) is 9.70. The summed E-state index contributed by atoms with van der Waals surface area (Å²) in [6.45, 7) is 7.46. The molecule has 7 nitrogen and oxygen atoms in total. The molecule has 36 heavy (non-hydrogen) atoms. The smallest absolute Gasteiger partial charge is 0.192 e. The highest BCUT2D eigenvalue weighted by Crippen LogP contribution is 2.35. The molecular weight excluding hydrogens is 501 g/mol. The molecule has 190 valence electrons.